The largest absolute Gasteiger partial charge is 0.347 e. The van der Waals surface area contributed by atoms with E-state index in [1.807, 2.05) is 35.0 Å². The number of fused-ring (bicyclic) bond motifs is 1. The van der Waals surface area contributed by atoms with Crippen molar-refractivity contribution < 1.29 is 9.59 Å². The minimum atomic E-state index is -0.192. The van der Waals surface area contributed by atoms with Gasteiger partial charge in [0, 0.05) is 19.1 Å². The van der Waals surface area contributed by atoms with Gasteiger partial charge in [-0.3, -0.25) is 9.48 Å². The van der Waals surface area contributed by atoms with Gasteiger partial charge in [0.1, 0.15) is 0 Å². The van der Waals surface area contributed by atoms with Gasteiger partial charge in [-0.05, 0) is 24.5 Å². The van der Waals surface area contributed by atoms with E-state index in [9.17, 15) is 9.59 Å². The van der Waals surface area contributed by atoms with Gasteiger partial charge in [0.05, 0.1) is 18.8 Å². The molecule has 0 radical (unpaired) electrons. The number of carbonyl (C=O) groups is 2. The highest BCUT2D eigenvalue weighted by Gasteiger charge is 2.26. The number of nitrogens with one attached hydrogen (secondary N) is 2. The van der Waals surface area contributed by atoms with Crippen molar-refractivity contribution in [1.29, 1.82) is 0 Å². The number of hydrogen-bond donors (Lipinski definition) is 2. The minimum Gasteiger partial charge on any atom is -0.347 e. The molecule has 7 nitrogen and oxygen atoms in total. The van der Waals surface area contributed by atoms with E-state index >= 15 is 0 Å². The molecule has 3 amide bonds. The van der Waals surface area contributed by atoms with Crippen LogP contribution in [0.5, 0.6) is 0 Å². The Balaban J connectivity index is 1.35. The number of carbonyl (C=O) groups excluding carboxylic acids is 2. The maximum Gasteiger partial charge on any atom is 0.318 e. The predicted molar refractivity (Wildman–Crippen MR) is 101 cm³/mol. The molecule has 142 valence electrons. The Morgan fingerprint density at radius 2 is 1.89 bits per heavy atom. The van der Waals surface area contributed by atoms with Crippen LogP contribution in [0.3, 0.4) is 0 Å². The van der Waals surface area contributed by atoms with Crippen molar-refractivity contribution in [3.05, 3.63) is 53.3 Å². The molecule has 1 aliphatic heterocycles. The van der Waals surface area contributed by atoms with Gasteiger partial charge in [0.2, 0.25) is 0 Å². The second-order valence-corrected chi connectivity index (χ2v) is 7.26. The smallest absolute Gasteiger partial charge is 0.318 e. The van der Waals surface area contributed by atoms with Crippen molar-refractivity contribution >= 4 is 11.9 Å². The molecule has 0 saturated heterocycles. The lowest BCUT2D eigenvalue weighted by Crippen LogP contribution is -2.47. The summed E-state index contributed by atoms with van der Waals surface area (Å²) in [7, 11) is 0. The zero-order chi connectivity index (χ0) is 18.6. The average Bonchev–Trinajstić information content (AvgIpc) is 3.35. The Labute approximate surface area is 158 Å². The number of nitrogens with zero attached hydrogens (tertiary/aromatic N) is 3. The fourth-order valence-corrected chi connectivity index (χ4v) is 3.76. The first-order chi connectivity index (χ1) is 13.2. The first kappa shape index (κ1) is 17.6. The average molecular weight is 367 g/mol. The SMILES string of the molecule is O=C(NCc1ccccc1)c1cc2n(n1)CCN(C(=O)NC1CCCC1)C2. The minimum absolute atomic E-state index is 0.00979. The van der Waals surface area contributed by atoms with Gasteiger partial charge < -0.3 is 15.5 Å². The Kier molecular flexibility index (Phi) is 5.09. The third-order valence-corrected chi connectivity index (χ3v) is 5.30. The highest BCUT2D eigenvalue weighted by Crippen LogP contribution is 2.19. The van der Waals surface area contributed by atoms with Gasteiger partial charge in [-0.2, -0.15) is 5.10 Å². The predicted octanol–water partition coefficient (Wildman–Crippen LogP) is 2.28. The number of rotatable bonds is 4. The van der Waals surface area contributed by atoms with Crippen LogP contribution in [-0.2, 0) is 19.6 Å². The van der Waals surface area contributed by atoms with E-state index in [2.05, 4.69) is 15.7 Å². The van der Waals surface area contributed by atoms with Crippen LogP contribution in [0, 0.1) is 0 Å². The maximum absolute atomic E-state index is 12.5. The maximum atomic E-state index is 12.5. The van der Waals surface area contributed by atoms with Gasteiger partial charge in [-0.15, -0.1) is 0 Å². The van der Waals surface area contributed by atoms with E-state index in [1.165, 1.54) is 12.8 Å². The number of benzene rings is 1. The molecule has 0 bridgehead atoms. The van der Waals surface area contributed by atoms with Crippen LogP contribution in [0.25, 0.3) is 0 Å². The van der Waals surface area contributed by atoms with Crippen molar-refractivity contribution in [3.8, 4) is 0 Å². The number of amides is 3. The fraction of sp³-hybridized carbons (Fsp3) is 0.450. The molecule has 27 heavy (non-hydrogen) atoms. The van der Waals surface area contributed by atoms with Crippen molar-refractivity contribution in [2.24, 2.45) is 0 Å². The molecule has 0 unspecified atom stereocenters. The second-order valence-electron chi connectivity index (χ2n) is 7.26. The number of hydrogen-bond acceptors (Lipinski definition) is 3. The van der Waals surface area contributed by atoms with Crippen LogP contribution in [0.4, 0.5) is 4.79 Å². The summed E-state index contributed by atoms with van der Waals surface area (Å²) in [5.74, 6) is -0.192. The van der Waals surface area contributed by atoms with Gasteiger partial charge in [0.15, 0.2) is 5.69 Å². The highest BCUT2D eigenvalue weighted by atomic mass is 16.2. The fourth-order valence-electron chi connectivity index (χ4n) is 3.76. The van der Waals surface area contributed by atoms with Crippen LogP contribution in [0.1, 0.15) is 47.4 Å². The molecule has 2 aromatic rings. The zero-order valence-electron chi connectivity index (χ0n) is 15.4. The third kappa shape index (κ3) is 4.13. The summed E-state index contributed by atoms with van der Waals surface area (Å²) in [6.07, 6.45) is 4.53. The van der Waals surface area contributed by atoms with Crippen LogP contribution < -0.4 is 10.6 Å². The van der Waals surface area contributed by atoms with Gasteiger partial charge >= 0.3 is 6.03 Å². The molecule has 1 aromatic heterocycles. The van der Waals surface area contributed by atoms with E-state index in [0.29, 0.717) is 37.9 Å². The summed E-state index contributed by atoms with van der Waals surface area (Å²) < 4.78 is 1.83. The molecule has 1 aromatic carbocycles. The molecule has 0 atom stereocenters. The van der Waals surface area contributed by atoms with E-state index < -0.39 is 0 Å². The first-order valence-corrected chi connectivity index (χ1v) is 9.63. The molecule has 2 heterocycles. The number of aromatic nitrogens is 2. The van der Waals surface area contributed by atoms with Crippen LogP contribution >= 0.6 is 0 Å². The van der Waals surface area contributed by atoms with Crippen molar-refractivity contribution in [2.45, 2.75) is 51.4 Å². The topological polar surface area (TPSA) is 79.3 Å². The molecule has 2 aliphatic rings. The first-order valence-electron chi connectivity index (χ1n) is 9.63. The van der Waals surface area contributed by atoms with E-state index in [1.54, 1.807) is 11.0 Å². The molecular formula is C20H25N5O2. The lowest BCUT2D eigenvalue weighted by atomic mass is 10.2. The summed E-state index contributed by atoms with van der Waals surface area (Å²) in [5, 5.41) is 10.4. The molecule has 0 spiro atoms. The Morgan fingerprint density at radius 1 is 1.11 bits per heavy atom. The summed E-state index contributed by atoms with van der Waals surface area (Å²) in [5.41, 5.74) is 2.34. The summed E-state index contributed by atoms with van der Waals surface area (Å²) >= 11 is 0. The standard InChI is InChI=1S/C20H25N5O2/c26-19(21-13-15-6-2-1-3-7-15)18-12-17-14-24(10-11-25(17)23-18)20(27)22-16-8-4-5-9-16/h1-3,6-7,12,16H,4-5,8-11,13-14H2,(H,21,26)(H,22,27). The quantitative estimate of drug-likeness (QED) is 0.870. The van der Waals surface area contributed by atoms with E-state index in [4.69, 9.17) is 0 Å². The van der Waals surface area contributed by atoms with E-state index in [-0.39, 0.29) is 11.9 Å². The van der Waals surface area contributed by atoms with Gasteiger partial charge in [-0.25, -0.2) is 4.79 Å². The van der Waals surface area contributed by atoms with Crippen molar-refractivity contribution in [3.63, 3.8) is 0 Å². The molecule has 1 saturated carbocycles. The monoisotopic (exact) mass is 367 g/mol. The molecule has 1 fully saturated rings. The van der Waals surface area contributed by atoms with Crippen LogP contribution in [-0.4, -0.2) is 39.2 Å². The van der Waals surface area contributed by atoms with E-state index in [0.717, 1.165) is 24.1 Å². The lowest BCUT2D eigenvalue weighted by Gasteiger charge is -2.29. The normalized spacial score (nSPS) is 16.8. The zero-order valence-corrected chi connectivity index (χ0v) is 15.4. The molecule has 7 heteroatoms. The summed E-state index contributed by atoms with van der Waals surface area (Å²) in [6.45, 7) is 2.17. The Hall–Kier alpha value is -2.83. The Bertz CT molecular complexity index is 811. The van der Waals surface area contributed by atoms with Crippen LogP contribution in [0.15, 0.2) is 36.4 Å². The third-order valence-electron chi connectivity index (χ3n) is 5.30. The Morgan fingerprint density at radius 3 is 2.67 bits per heavy atom. The summed E-state index contributed by atoms with van der Waals surface area (Å²) in [4.78, 5) is 26.7. The molecular weight excluding hydrogens is 342 g/mol. The lowest BCUT2D eigenvalue weighted by molar-refractivity contribution is 0.0944. The second kappa shape index (κ2) is 7.82. The molecule has 2 N–H and O–H groups in total. The van der Waals surface area contributed by atoms with Crippen molar-refractivity contribution in [2.75, 3.05) is 6.54 Å². The molecule has 1 aliphatic carbocycles. The van der Waals surface area contributed by atoms with Gasteiger partial charge in [0.25, 0.3) is 5.91 Å². The van der Waals surface area contributed by atoms with Crippen molar-refractivity contribution in [1.82, 2.24) is 25.3 Å². The number of urea groups is 1. The molecule has 4 rings (SSSR count). The summed E-state index contributed by atoms with van der Waals surface area (Å²) in [6, 6.07) is 11.9. The van der Waals surface area contributed by atoms with Crippen LogP contribution in [0.2, 0.25) is 0 Å². The highest BCUT2D eigenvalue weighted by molar-refractivity contribution is 5.92. The van der Waals surface area contributed by atoms with Gasteiger partial charge in [-0.1, -0.05) is 43.2 Å².